The molecule has 1 aliphatic rings. The highest BCUT2D eigenvalue weighted by atomic mass is 16.5. The van der Waals surface area contributed by atoms with Gasteiger partial charge < -0.3 is 20.1 Å². The standard InChI is InChI=1S/C10H20N2O3/c1-8-5-12(6-9(7-13)15-8)10(14)3-4-11-2/h8-9,11,13H,3-7H2,1-2H3. The molecule has 0 saturated carbocycles. The molecule has 1 aliphatic heterocycles. The fraction of sp³-hybridized carbons (Fsp3) is 0.900. The molecule has 0 radical (unpaired) electrons. The molecule has 1 amide bonds. The Morgan fingerprint density at radius 1 is 1.60 bits per heavy atom. The van der Waals surface area contributed by atoms with E-state index in [4.69, 9.17) is 9.84 Å². The van der Waals surface area contributed by atoms with Crippen LogP contribution >= 0.6 is 0 Å². The molecule has 1 fully saturated rings. The molecule has 88 valence electrons. The second-order valence-corrected chi connectivity index (χ2v) is 3.90. The number of carbonyl (C=O) groups excluding carboxylic acids is 1. The number of hydrogen-bond acceptors (Lipinski definition) is 4. The Hall–Kier alpha value is -0.650. The number of aliphatic hydroxyl groups is 1. The molecule has 1 rings (SSSR count). The summed E-state index contributed by atoms with van der Waals surface area (Å²) in [5.74, 6) is 0.123. The number of ether oxygens (including phenoxy) is 1. The second-order valence-electron chi connectivity index (χ2n) is 3.90. The normalized spacial score (nSPS) is 26.7. The Morgan fingerprint density at radius 3 is 2.93 bits per heavy atom. The van der Waals surface area contributed by atoms with Crippen molar-refractivity contribution in [2.75, 3.05) is 33.3 Å². The molecule has 0 bridgehead atoms. The Bertz CT molecular complexity index is 211. The van der Waals surface area contributed by atoms with Gasteiger partial charge in [0, 0.05) is 26.1 Å². The van der Waals surface area contributed by atoms with Crippen LogP contribution < -0.4 is 5.32 Å². The first-order chi connectivity index (χ1) is 7.17. The molecule has 0 aromatic carbocycles. The van der Waals surface area contributed by atoms with Crippen LogP contribution in [0.1, 0.15) is 13.3 Å². The Kier molecular flexibility index (Phi) is 5.01. The third-order valence-corrected chi connectivity index (χ3v) is 2.47. The van der Waals surface area contributed by atoms with E-state index in [1.54, 1.807) is 4.90 Å². The topological polar surface area (TPSA) is 61.8 Å². The summed E-state index contributed by atoms with van der Waals surface area (Å²) in [5.41, 5.74) is 0. The minimum absolute atomic E-state index is 0.00874. The summed E-state index contributed by atoms with van der Waals surface area (Å²) >= 11 is 0. The molecular weight excluding hydrogens is 196 g/mol. The number of nitrogens with one attached hydrogen (secondary N) is 1. The highest BCUT2D eigenvalue weighted by molar-refractivity contribution is 5.76. The number of hydrogen-bond donors (Lipinski definition) is 2. The molecule has 0 spiro atoms. The van der Waals surface area contributed by atoms with Crippen LogP contribution in [0.25, 0.3) is 0 Å². The summed E-state index contributed by atoms with van der Waals surface area (Å²) in [4.78, 5) is 13.5. The predicted octanol–water partition coefficient (Wildman–Crippen LogP) is -0.796. The Morgan fingerprint density at radius 2 is 2.33 bits per heavy atom. The van der Waals surface area contributed by atoms with Crippen LogP contribution in [0.4, 0.5) is 0 Å². The molecule has 0 aromatic rings. The minimum atomic E-state index is -0.229. The monoisotopic (exact) mass is 216 g/mol. The van der Waals surface area contributed by atoms with Crippen molar-refractivity contribution < 1.29 is 14.6 Å². The van der Waals surface area contributed by atoms with Crippen LogP contribution in [0.3, 0.4) is 0 Å². The van der Waals surface area contributed by atoms with E-state index in [0.717, 1.165) is 0 Å². The van der Waals surface area contributed by atoms with Gasteiger partial charge >= 0.3 is 0 Å². The van der Waals surface area contributed by atoms with Crippen molar-refractivity contribution in [3.05, 3.63) is 0 Å². The van der Waals surface area contributed by atoms with Gasteiger partial charge in [0.05, 0.1) is 18.8 Å². The van der Waals surface area contributed by atoms with Crippen molar-refractivity contribution in [2.45, 2.75) is 25.6 Å². The maximum atomic E-state index is 11.7. The number of nitrogens with zero attached hydrogens (tertiary/aromatic N) is 1. The van der Waals surface area contributed by atoms with Gasteiger partial charge in [-0.2, -0.15) is 0 Å². The summed E-state index contributed by atoms with van der Waals surface area (Å²) < 4.78 is 5.46. The lowest BCUT2D eigenvalue weighted by Gasteiger charge is -2.36. The fourth-order valence-corrected chi connectivity index (χ4v) is 1.74. The third-order valence-electron chi connectivity index (χ3n) is 2.47. The molecule has 2 unspecified atom stereocenters. The van der Waals surface area contributed by atoms with E-state index in [9.17, 15) is 4.79 Å². The van der Waals surface area contributed by atoms with Gasteiger partial charge in [-0.05, 0) is 14.0 Å². The minimum Gasteiger partial charge on any atom is -0.394 e. The summed E-state index contributed by atoms with van der Waals surface area (Å²) in [6, 6.07) is 0. The van der Waals surface area contributed by atoms with Crippen LogP contribution in [0.15, 0.2) is 0 Å². The Labute approximate surface area is 90.4 Å². The second kappa shape index (κ2) is 6.05. The third kappa shape index (κ3) is 3.77. The molecule has 0 aliphatic carbocycles. The van der Waals surface area contributed by atoms with Crippen LogP contribution in [0.2, 0.25) is 0 Å². The van der Waals surface area contributed by atoms with E-state index in [2.05, 4.69) is 5.32 Å². The van der Waals surface area contributed by atoms with E-state index < -0.39 is 0 Å². The van der Waals surface area contributed by atoms with Gasteiger partial charge in [0.2, 0.25) is 5.91 Å². The van der Waals surface area contributed by atoms with Gasteiger partial charge in [0.25, 0.3) is 0 Å². The zero-order chi connectivity index (χ0) is 11.3. The summed E-state index contributed by atoms with van der Waals surface area (Å²) in [7, 11) is 1.83. The van der Waals surface area contributed by atoms with Gasteiger partial charge in [-0.3, -0.25) is 4.79 Å². The van der Waals surface area contributed by atoms with Crippen molar-refractivity contribution in [1.29, 1.82) is 0 Å². The first kappa shape index (κ1) is 12.4. The quantitative estimate of drug-likeness (QED) is 0.646. The molecule has 2 atom stereocenters. The number of rotatable bonds is 4. The van der Waals surface area contributed by atoms with E-state index in [1.807, 2.05) is 14.0 Å². The zero-order valence-corrected chi connectivity index (χ0v) is 9.40. The summed E-state index contributed by atoms with van der Waals surface area (Å²) in [5, 5.41) is 12.0. The van der Waals surface area contributed by atoms with E-state index in [-0.39, 0.29) is 24.7 Å². The van der Waals surface area contributed by atoms with Crippen molar-refractivity contribution in [2.24, 2.45) is 0 Å². The summed E-state index contributed by atoms with van der Waals surface area (Å²) in [6.07, 6.45) is 0.281. The number of amides is 1. The maximum absolute atomic E-state index is 11.7. The molecule has 0 aromatic heterocycles. The van der Waals surface area contributed by atoms with E-state index in [0.29, 0.717) is 26.1 Å². The zero-order valence-electron chi connectivity index (χ0n) is 9.40. The van der Waals surface area contributed by atoms with Gasteiger partial charge in [-0.25, -0.2) is 0 Å². The molecule has 1 saturated heterocycles. The van der Waals surface area contributed by atoms with Crippen molar-refractivity contribution in [1.82, 2.24) is 10.2 Å². The molecule has 5 heteroatoms. The first-order valence-electron chi connectivity index (χ1n) is 5.36. The number of carbonyl (C=O) groups is 1. The predicted molar refractivity (Wildman–Crippen MR) is 56.5 cm³/mol. The highest BCUT2D eigenvalue weighted by Crippen LogP contribution is 2.11. The van der Waals surface area contributed by atoms with Crippen molar-refractivity contribution >= 4 is 5.91 Å². The largest absolute Gasteiger partial charge is 0.394 e. The lowest BCUT2D eigenvalue weighted by Crippen LogP contribution is -2.50. The molecule has 15 heavy (non-hydrogen) atoms. The van der Waals surface area contributed by atoms with Gasteiger partial charge in [0.1, 0.15) is 0 Å². The van der Waals surface area contributed by atoms with Crippen LogP contribution in [-0.4, -0.2) is 61.4 Å². The van der Waals surface area contributed by atoms with Crippen molar-refractivity contribution in [3.8, 4) is 0 Å². The smallest absolute Gasteiger partial charge is 0.224 e. The molecular formula is C10H20N2O3. The SMILES string of the molecule is CNCCC(=O)N1CC(C)OC(CO)C1. The summed E-state index contributed by atoms with van der Waals surface area (Å²) in [6.45, 7) is 3.71. The molecule has 1 heterocycles. The van der Waals surface area contributed by atoms with E-state index in [1.165, 1.54) is 0 Å². The fourth-order valence-electron chi connectivity index (χ4n) is 1.74. The Balaban J connectivity index is 2.42. The average Bonchev–Trinajstić information content (AvgIpc) is 2.24. The van der Waals surface area contributed by atoms with Gasteiger partial charge in [-0.1, -0.05) is 0 Å². The van der Waals surface area contributed by atoms with Gasteiger partial charge in [-0.15, -0.1) is 0 Å². The first-order valence-corrected chi connectivity index (χ1v) is 5.36. The molecule has 2 N–H and O–H groups in total. The van der Waals surface area contributed by atoms with Crippen LogP contribution in [0.5, 0.6) is 0 Å². The van der Waals surface area contributed by atoms with Crippen LogP contribution in [0, 0.1) is 0 Å². The van der Waals surface area contributed by atoms with Crippen LogP contribution in [-0.2, 0) is 9.53 Å². The highest BCUT2D eigenvalue weighted by Gasteiger charge is 2.27. The van der Waals surface area contributed by atoms with Crippen molar-refractivity contribution in [3.63, 3.8) is 0 Å². The number of aliphatic hydroxyl groups excluding tert-OH is 1. The van der Waals surface area contributed by atoms with Gasteiger partial charge in [0.15, 0.2) is 0 Å². The molecule has 5 nitrogen and oxygen atoms in total. The lowest BCUT2D eigenvalue weighted by atomic mass is 10.2. The maximum Gasteiger partial charge on any atom is 0.224 e. The lowest BCUT2D eigenvalue weighted by molar-refractivity contribution is -0.147. The van der Waals surface area contributed by atoms with E-state index >= 15 is 0 Å². The number of morpholine rings is 1. The average molecular weight is 216 g/mol.